The third kappa shape index (κ3) is 6.95. The largest absolute Gasteiger partial charge is 0.357 e. The first-order chi connectivity index (χ1) is 13.4. The van der Waals surface area contributed by atoms with Gasteiger partial charge in [-0.1, -0.05) is 17.7 Å². The first-order valence-corrected chi connectivity index (χ1v) is 10.2. The van der Waals surface area contributed by atoms with Crippen LogP contribution in [0.4, 0.5) is 4.39 Å². The maximum Gasteiger partial charge on any atom is 0.236 e. The van der Waals surface area contributed by atoms with Crippen molar-refractivity contribution in [2.24, 2.45) is 4.99 Å². The number of piperidine rings is 1. The third-order valence-electron chi connectivity index (χ3n) is 4.82. The molecule has 28 heavy (non-hydrogen) atoms. The molecular weight excluding hydrogens is 381 g/mol. The number of rotatable bonds is 7. The van der Waals surface area contributed by atoms with Gasteiger partial charge in [0, 0.05) is 56.9 Å². The van der Waals surface area contributed by atoms with Crippen molar-refractivity contribution in [2.75, 3.05) is 46.8 Å². The Morgan fingerprint density at radius 3 is 2.68 bits per heavy atom. The van der Waals surface area contributed by atoms with Crippen molar-refractivity contribution in [3.63, 3.8) is 0 Å². The van der Waals surface area contributed by atoms with Gasteiger partial charge in [0.25, 0.3) is 0 Å². The average molecular weight is 412 g/mol. The molecule has 6 nitrogen and oxygen atoms in total. The highest BCUT2D eigenvalue weighted by molar-refractivity contribution is 6.31. The van der Waals surface area contributed by atoms with E-state index in [9.17, 15) is 9.18 Å². The lowest BCUT2D eigenvalue weighted by Gasteiger charge is -2.33. The van der Waals surface area contributed by atoms with Crippen molar-refractivity contribution >= 4 is 23.5 Å². The van der Waals surface area contributed by atoms with E-state index in [0.717, 1.165) is 38.4 Å². The second-order valence-corrected chi connectivity index (χ2v) is 7.60. The molecule has 1 aromatic rings. The van der Waals surface area contributed by atoms with Crippen molar-refractivity contribution in [2.45, 2.75) is 32.2 Å². The highest BCUT2D eigenvalue weighted by atomic mass is 35.5. The number of nitrogens with one attached hydrogen (secondary N) is 2. The zero-order chi connectivity index (χ0) is 20.5. The van der Waals surface area contributed by atoms with Crippen LogP contribution in [0, 0.1) is 5.82 Å². The molecule has 0 saturated carbocycles. The van der Waals surface area contributed by atoms with E-state index in [4.69, 9.17) is 11.6 Å². The summed E-state index contributed by atoms with van der Waals surface area (Å²) in [5.41, 5.74) is 0.502. The number of guanidine groups is 1. The topological polar surface area (TPSA) is 60.0 Å². The summed E-state index contributed by atoms with van der Waals surface area (Å²) < 4.78 is 13.9. The van der Waals surface area contributed by atoms with E-state index in [1.807, 2.05) is 6.92 Å². The minimum atomic E-state index is -0.291. The Bertz CT molecular complexity index is 654. The van der Waals surface area contributed by atoms with E-state index in [1.165, 1.54) is 6.07 Å². The number of benzene rings is 1. The van der Waals surface area contributed by atoms with E-state index in [1.54, 1.807) is 31.1 Å². The number of nitrogens with zero attached hydrogens (tertiary/aromatic N) is 3. The fourth-order valence-corrected chi connectivity index (χ4v) is 3.39. The van der Waals surface area contributed by atoms with Crippen LogP contribution in [0.1, 0.15) is 25.3 Å². The minimum absolute atomic E-state index is 0.133. The van der Waals surface area contributed by atoms with Gasteiger partial charge < -0.3 is 15.5 Å². The Balaban J connectivity index is 1.84. The summed E-state index contributed by atoms with van der Waals surface area (Å²) in [6.45, 7) is 5.44. The fourth-order valence-electron chi connectivity index (χ4n) is 3.13. The van der Waals surface area contributed by atoms with Gasteiger partial charge in [-0.3, -0.25) is 14.7 Å². The molecule has 0 unspecified atom stereocenters. The lowest BCUT2D eigenvalue weighted by molar-refractivity contribution is -0.130. The lowest BCUT2D eigenvalue weighted by atomic mass is 10.1. The molecular formula is C20H31ClFN5O. The molecule has 0 aliphatic carbocycles. The summed E-state index contributed by atoms with van der Waals surface area (Å²) >= 11 is 6.08. The smallest absolute Gasteiger partial charge is 0.236 e. The number of likely N-dealkylation sites (N-methyl/N-ethyl adjacent to an activating group) is 1. The molecule has 0 atom stereocenters. The van der Waals surface area contributed by atoms with Gasteiger partial charge in [-0.25, -0.2) is 4.39 Å². The van der Waals surface area contributed by atoms with Crippen molar-refractivity contribution in [1.82, 2.24) is 20.4 Å². The van der Waals surface area contributed by atoms with E-state index in [-0.39, 0.29) is 11.7 Å². The molecule has 156 valence electrons. The van der Waals surface area contributed by atoms with Crippen molar-refractivity contribution < 1.29 is 9.18 Å². The van der Waals surface area contributed by atoms with Crippen LogP contribution >= 0.6 is 11.6 Å². The summed E-state index contributed by atoms with van der Waals surface area (Å²) in [6.07, 6.45) is 2.35. The van der Waals surface area contributed by atoms with Crippen LogP contribution in [0.15, 0.2) is 23.2 Å². The highest BCUT2D eigenvalue weighted by Crippen LogP contribution is 2.19. The second-order valence-electron chi connectivity index (χ2n) is 7.19. The molecule has 1 heterocycles. The molecule has 1 aliphatic rings. The van der Waals surface area contributed by atoms with E-state index in [0.29, 0.717) is 36.1 Å². The molecule has 2 N–H and O–H groups in total. The van der Waals surface area contributed by atoms with Gasteiger partial charge in [0.1, 0.15) is 5.82 Å². The van der Waals surface area contributed by atoms with Gasteiger partial charge in [0.2, 0.25) is 5.91 Å². The molecule has 8 heteroatoms. The van der Waals surface area contributed by atoms with Gasteiger partial charge in [-0.05, 0) is 38.3 Å². The number of aliphatic imine (C=N–C) groups is 1. The predicted octanol–water partition coefficient (Wildman–Crippen LogP) is 2.13. The lowest BCUT2D eigenvalue weighted by Crippen LogP contribution is -2.50. The molecule has 1 amide bonds. The highest BCUT2D eigenvalue weighted by Gasteiger charge is 2.22. The second kappa shape index (κ2) is 11.2. The van der Waals surface area contributed by atoms with Crippen LogP contribution in [-0.4, -0.2) is 74.5 Å². The van der Waals surface area contributed by atoms with E-state index < -0.39 is 0 Å². The van der Waals surface area contributed by atoms with Crippen LogP contribution in [0.3, 0.4) is 0 Å². The SMILES string of the molecule is CCNC(=NCCc1c(F)cccc1Cl)NC1CCN(CC(=O)N(C)C)CC1. The Kier molecular flexibility index (Phi) is 8.99. The minimum Gasteiger partial charge on any atom is -0.357 e. The first kappa shape index (κ1) is 22.4. The Labute approximate surface area is 172 Å². The Morgan fingerprint density at radius 2 is 2.07 bits per heavy atom. The van der Waals surface area contributed by atoms with Gasteiger partial charge in [-0.15, -0.1) is 0 Å². The molecule has 0 radical (unpaired) electrons. The molecule has 1 aromatic carbocycles. The van der Waals surface area contributed by atoms with Gasteiger partial charge >= 0.3 is 0 Å². The zero-order valence-electron chi connectivity index (χ0n) is 17.0. The summed E-state index contributed by atoms with van der Waals surface area (Å²) in [5, 5.41) is 7.14. The molecule has 0 bridgehead atoms. The quantitative estimate of drug-likeness (QED) is 0.533. The zero-order valence-corrected chi connectivity index (χ0v) is 17.7. The summed E-state index contributed by atoms with van der Waals surface area (Å²) in [5.74, 6) is 0.575. The van der Waals surface area contributed by atoms with Crippen LogP contribution in [0.5, 0.6) is 0 Å². The van der Waals surface area contributed by atoms with Crippen LogP contribution in [0.25, 0.3) is 0 Å². The maximum atomic E-state index is 13.9. The average Bonchev–Trinajstić information content (AvgIpc) is 2.65. The van der Waals surface area contributed by atoms with E-state index in [2.05, 4.69) is 20.5 Å². The fraction of sp³-hybridized carbons (Fsp3) is 0.600. The standard InChI is InChI=1S/C20H31ClFN5O/c1-4-23-20(24-11-8-16-17(21)6-5-7-18(16)22)25-15-9-12-27(13-10-15)14-19(28)26(2)3/h5-7,15H,4,8-14H2,1-3H3,(H2,23,24,25). The molecule has 1 fully saturated rings. The number of hydrogen-bond acceptors (Lipinski definition) is 3. The maximum absolute atomic E-state index is 13.9. The van der Waals surface area contributed by atoms with Crippen molar-refractivity contribution in [3.05, 3.63) is 34.6 Å². The monoisotopic (exact) mass is 411 g/mol. The van der Waals surface area contributed by atoms with Crippen molar-refractivity contribution in [1.29, 1.82) is 0 Å². The molecule has 1 saturated heterocycles. The van der Waals surface area contributed by atoms with Gasteiger partial charge in [0.15, 0.2) is 5.96 Å². The molecule has 0 spiro atoms. The first-order valence-electron chi connectivity index (χ1n) is 9.81. The van der Waals surface area contributed by atoms with E-state index >= 15 is 0 Å². The number of hydrogen-bond donors (Lipinski definition) is 2. The Hall–Kier alpha value is -1.86. The van der Waals surface area contributed by atoms with Crippen LogP contribution in [-0.2, 0) is 11.2 Å². The summed E-state index contributed by atoms with van der Waals surface area (Å²) in [4.78, 5) is 20.2. The predicted molar refractivity (Wildman–Crippen MR) is 112 cm³/mol. The summed E-state index contributed by atoms with van der Waals surface area (Å²) in [6, 6.07) is 5.03. The summed E-state index contributed by atoms with van der Waals surface area (Å²) in [7, 11) is 3.56. The number of carbonyl (C=O) groups is 1. The molecule has 0 aromatic heterocycles. The van der Waals surface area contributed by atoms with Crippen LogP contribution in [0.2, 0.25) is 5.02 Å². The van der Waals surface area contributed by atoms with Crippen LogP contribution < -0.4 is 10.6 Å². The number of halogens is 2. The normalized spacial score (nSPS) is 16.1. The van der Waals surface area contributed by atoms with Crippen molar-refractivity contribution in [3.8, 4) is 0 Å². The molecule has 2 rings (SSSR count). The third-order valence-corrected chi connectivity index (χ3v) is 5.18. The Morgan fingerprint density at radius 1 is 1.36 bits per heavy atom. The molecule has 1 aliphatic heterocycles. The number of amides is 1. The number of likely N-dealkylation sites (tertiary alicyclic amines) is 1. The van der Waals surface area contributed by atoms with Gasteiger partial charge in [0.05, 0.1) is 6.54 Å². The van der Waals surface area contributed by atoms with Gasteiger partial charge in [-0.2, -0.15) is 0 Å². The number of carbonyl (C=O) groups excluding carboxylic acids is 1.